The molecule has 4 unspecified atom stereocenters. The molecular weight excluding hydrogens is 1630 g/mol. The summed E-state index contributed by atoms with van der Waals surface area (Å²) < 4.78 is 155. The number of aliphatic hydroxyl groups is 5. The molecule has 618 valence electrons. The largest absolute Gasteiger partial charge is 0.741 e. The molecule has 31 heteroatoms. The number of alkyl halides is 3. The SMILES string of the molecule is COc1ccc(C(O)(COS(=O)(=O)c2ccc(C)cc2)C(=O)c2ccc(CO)cc2)cc1.CSc1ccc(C(O)(COS(=O)(=O)c2ccc(C)cc2)C(=O)c2ccc(CO)cc2)cc1.Cc1ccc(S(=O)(=O)OCC(O)(C(=O)c2ccccc2)c2ccccc2)cc1.Cc1ccccc1C[S+](C)c1ccc(O)cc1.O=S(=O)([O-])C(F)(F)F. The molecule has 0 amide bonds. The third-order valence-corrected chi connectivity index (χ3v) is 24.7. The number of Topliss-reactive ketones (excluding diaryl/α,β-unsaturated/α-hetero) is 3. The second kappa shape index (κ2) is 41.9. The Morgan fingerprint density at radius 2 is 0.744 bits per heavy atom. The number of carbonyl (C=O) groups excluding carboxylic acids is 3. The summed E-state index contributed by atoms with van der Waals surface area (Å²) in [6, 6.07) is 75.5. The van der Waals surface area contributed by atoms with Gasteiger partial charge in [0.25, 0.3) is 30.4 Å². The number of carbonyl (C=O) groups is 3. The molecule has 11 rings (SSSR count). The van der Waals surface area contributed by atoms with Crippen LogP contribution < -0.4 is 4.74 Å². The van der Waals surface area contributed by atoms with E-state index in [1.165, 1.54) is 108 Å². The second-order valence-electron chi connectivity index (χ2n) is 26.2. The van der Waals surface area contributed by atoms with Gasteiger partial charge in [-0.2, -0.15) is 38.4 Å². The van der Waals surface area contributed by atoms with Crippen LogP contribution in [-0.2, 0) is 99.7 Å². The van der Waals surface area contributed by atoms with Crippen molar-refractivity contribution >= 4 is 80.5 Å². The third kappa shape index (κ3) is 26.2. The van der Waals surface area contributed by atoms with Crippen molar-refractivity contribution in [2.24, 2.45) is 0 Å². The summed E-state index contributed by atoms with van der Waals surface area (Å²) in [5.41, 5.74) is -4.54. The fourth-order valence-corrected chi connectivity index (χ4v) is 15.5. The van der Waals surface area contributed by atoms with Gasteiger partial charge in [0.15, 0.2) is 31.8 Å². The minimum absolute atomic E-state index is 0.0410. The molecule has 0 aliphatic heterocycles. The summed E-state index contributed by atoms with van der Waals surface area (Å²) in [4.78, 5) is 41.7. The zero-order valence-corrected chi connectivity index (χ0v) is 69.0. The number of aromatic hydroxyl groups is 1. The first-order valence-electron chi connectivity index (χ1n) is 35.1. The Hall–Kier alpha value is -10.0. The molecule has 0 aliphatic carbocycles. The van der Waals surface area contributed by atoms with Crippen molar-refractivity contribution in [1.82, 2.24) is 0 Å². The summed E-state index contributed by atoms with van der Waals surface area (Å²) in [6.45, 7) is 4.91. The van der Waals surface area contributed by atoms with Crippen LogP contribution in [0.5, 0.6) is 11.5 Å². The maximum atomic E-state index is 13.3. The Labute approximate surface area is 685 Å². The number of phenols is 1. The van der Waals surface area contributed by atoms with Gasteiger partial charge in [0, 0.05) is 38.0 Å². The maximum Gasteiger partial charge on any atom is 0.485 e. The van der Waals surface area contributed by atoms with Gasteiger partial charge in [0.05, 0.1) is 35.0 Å². The number of rotatable bonds is 28. The molecule has 0 heterocycles. The van der Waals surface area contributed by atoms with E-state index >= 15 is 0 Å². The molecule has 11 aromatic carbocycles. The number of thioether (sulfide) groups is 1. The highest BCUT2D eigenvalue weighted by molar-refractivity contribution is 7.98. The first kappa shape index (κ1) is 94.1. The molecule has 0 aromatic heterocycles. The molecule has 0 spiro atoms. The molecule has 11 aromatic rings. The van der Waals surface area contributed by atoms with Crippen LogP contribution in [0.1, 0.15) is 86.7 Å². The average molecular weight is 1720 g/mol. The monoisotopic (exact) mass is 1720 g/mol. The number of aliphatic hydroxyl groups excluding tert-OH is 2. The quantitative estimate of drug-likeness (QED) is 0.00662. The van der Waals surface area contributed by atoms with Crippen molar-refractivity contribution in [3.05, 3.63) is 351 Å². The number of methoxy groups -OCH3 is 1. The molecule has 0 saturated heterocycles. The molecule has 0 bridgehead atoms. The van der Waals surface area contributed by atoms with E-state index in [1.807, 2.05) is 39.2 Å². The molecule has 0 saturated carbocycles. The predicted molar refractivity (Wildman–Crippen MR) is 437 cm³/mol. The van der Waals surface area contributed by atoms with Gasteiger partial charge in [0.1, 0.15) is 43.3 Å². The first-order valence-corrected chi connectivity index (χ1v) is 43.8. The van der Waals surface area contributed by atoms with Gasteiger partial charge in [-0.25, -0.2) is 8.42 Å². The highest BCUT2D eigenvalue weighted by Gasteiger charge is 2.44. The number of hydrogen-bond acceptors (Lipinski definition) is 23. The van der Waals surface area contributed by atoms with Gasteiger partial charge < -0.3 is 39.9 Å². The van der Waals surface area contributed by atoms with E-state index in [4.69, 9.17) is 30.3 Å². The van der Waals surface area contributed by atoms with Crippen molar-refractivity contribution in [2.75, 3.05) is 39.4 Å². The molecule has 22 nitrogen and oxygen atoms in total. The molecule has 0 fully saturated rings. The van der Waals surface area contributed by atoms with Crippen LogP contribution in [0.25, 0.3) is 0 Å². The van der Waals surface area contributed by atoms with Crippen LogP contribution in [0.2, 0.25) is 0 Å². The van der Waals surface area contributed by atoms with E-state index in [0.29, 0.717) is 22.6 Å². The third-order valence-electron chi connectivity index (χ3n) is 17.7. The lowest BCUT2D eigenvalue weighted by Gasteiger charge is -2.27. The molecule has 0 radical (unpaired) electrons. The van der Waals surface area contributed by atoms with Gasteiger partial charge in [-0.3, -0.25) is 26.9 Å². The van der Waals surface area contributed by atoms with E-state index < -0.39 is 100.0 Å². The maximum absolute atomic E-state index is 13.3. The zero-order chi connectivity index (χ0) is 86.2. The number of halogens is 3. The van der Waals surface area contributed by atoms with Crippen molar-refractivity contribution < 1.29 is 114 Å². The Morgan fingerprint density at radius 1 is 0.427 bits per heavy atom. The number of benzene rings is 11. The minimum atomic E-state index is -6.09. The molecule has 4 atom stereocenters. The molecule has 6 N–H and O–H groups in total. The summed E-state index contributed by atoms with van der Waals surface area (Å²) in [5, 5.41) is 61.8. The Kier molecular flexibility index (Phi) is 33.7. The van der Waals surface area contributed by atoms with Gasteiger partial charge >= 0.3 is 5.51 Å². The van der Waals surface area contributed by atoms with Gasteiger partial charge in [-0.1, -0.05) is 211 Å². The summed E-state index contributed by atoms with van der Waals surface area (Å²) in [6.07, 6.45) is 4.14. The standard InChI is InChI=1S/C24H24O7S.C24H24O6S2.C22H20O5S.C15H16OS.CHF3O3S/c1-17-3-13-22(14-4-17)32(28,29)31-16-24(27,20-9-11-21(30-2)12-10-20)23(26)19-7-5-18(15-25)6-8-19;1-17-3-13-22(14-4-17)32(28,29)30-16-24(27,20-9-11-21(31-2)12-10-20)23(26)19-7-5-18(15-25)6-8-19;1-17-12-14-20(15-13-17)28(25,26)27-16-22(24,19-10-6-3-7-11-19)21(23)18-8-4-2-5-9-18;1-12-5-3-4-6-13(12)11-17(2)15-9-7-14(16)8-10-15;2-1(3,4)8(5,6)7/h2*3-14,25,27H,15-16H2,1-2H3;2-15,24H,16H2,1H3;3-10H,11H2,1-2H3;(H,5,6,7). The molecule has 0 aliphatic rings. The highest BCUT2D eigenvalue weighted by atomic mass is 32.2. The van der Waals surface area contributed by atoms with Gasteiger partial charge in [-0.15, -0.1) is 11.8 Å². The Bertz CT molecular complexity index is 5380. The average Bonchev–Trinajstić information content (AvgIpc) is 0.789. The normalized spacial score (nSPS) is 13.4. The Balaban J connectivity index is 0.000000212. The van der Waals surface area contributed by atoms with E-state index in [1.54, 1.807) is 170 Å². The topological polar surface area (TPSA) is 369 Å². The number of hydrogen-bond donors (Lipinski definition) is 6. The van der Waals surface area contributed by atoms with Crippen LogP contribution in [-0.4, -0.2) is 131 Å². The van der Waals surface area contributed by atoms with Crippen LogP contribution in [0.3, 0.4) is 0 Å². The molecular formula is C86H85F3O22S6. The van der Waals surface area contributed by atoms with Gasteiger partial charge in [-0.05, 0) is 152 Å². The number of ketones is 3. The van der Waals surface area contributed by atoms with E-state index in [0.717, 1.165) is 27.3 Å². The predicted octanol–water partition coefficient (Wildman–Crippen LogP) is 13.7. The number of phenolic OH excluding ortho intramolecular Hbond substituents is 1. The lowest BCUT2D eigenvalue weighted by molar-refractivity contribution is -0.0518. The lowest BCUT2D eigenvalue weighted by atomic mass is 9.86. The smallest absolute Gasteiger partial charge is 0.485 e. The fourth-order valence-electron chi connectivity index (χ4n) is 10.7. The van der Waals surface area contributed by atoms with Crippen molar-refractivity contribution in [3.63, 3.8) is 0 Å². The van der Waals surface area contributed by atoms with Gasteiger partial charge in [0.2, 0.25) is 17.3 Å². The second-order valence-corrected chi connectivity index (χ2v) is 35.3. The minimum Gasteiger partial charge on any atom is -0.741 e. The highest BCUT2D eigenvalue weighted by Crippen LogP contribution is 2.34. The van der Waals surface area contributed by atoms with Crippen LogP contribution in [0.4, 0.5) is 13.2 Å². The zero-order valence-electron chi connectivity index (χ0n) is 64.1. The van der Waals surface area contributed by atoms with Crippen molar-refractivity contribution in [2.45, 2.75) is 93.5 Å². The van der Waals surface area contributed by atoms with E-state index in [2.05, 4.69) is 37.4 Å². The fraction of sp³-hybridized carbons (Fsp3) is 0.198. The summed E-state index contributed by atoms with van der Waals surface area (Å²) in [5.74, 6) is -0.189. The van der Waals surface area contributed by atoms with E-state index in [9.17, 15) is 83.4 Å². The van der Waals surface area contributed by atoms with Crippen molar-refractivity contribution in [3.8, 4) is 11.5 Å². The van der Waals surface area contributed by atoms with E-state index in [-0.39, 0.29) is 72.2 Å². The van der Waals surface area contributed by atoms with Crippen LogP contribution in [0, 0.1) is 27.7 Å². The summed E-state index contributed by atoms with van der Waals surface area (Å²) in [7, 11) is -17.0. The van der Waals surface area contributed by atoms with Crippen LogP contribution >= 0.6 is 11.8 Å². The number of ether oxygens (including phenoxy) is 1. The number of aryl methyl sites for hydroxylation is 4. The molecule has 117 heavy (non-hydrogen) atoms. The van der Waals surface area contributed by atoms with Crippen molar-refractivity contribution in [1.29, 1.82) is 0 Å². The van der Waals surface area contributed by atoms with Crippen LogP contribution in [0.15, 0.2) is 304 Å². The lowest BCUT2D eigenvalue weighted by Crippen LogP contribution is -2.41. The first-order chi connectivity index (χ1) is 55.1. The Morgan fingerprint density at radius 3 is 1.07 bits per heavy atom. The summed E-state index contributed by atoms with van der Waals surface area (Å²) >= 11 is 1.50.